The number of hydrogen-bond acceptors (Lipinski definition) is 6. The molecule has 37 heavy (non-hydrogen) atoms. The number of rotatable bonds is 7. The van der Waals surface area contributed by atoms with Crippen molar-refractivity contribution in [2.24, 2.45) is 0 Å². The van der Waals surface area contributed by atoms with E-state index >= 15 is 0 Å². The third-order valence-electron chi connectivity index (χ3n) is 7.06. The molecule has 5 rings (SSSR count). The molecule has 0 amide bonds. The van der Waals surface area contributed by atoms with Crippen LogP contribution in [0.15, 0.2) is 89.9 Å². The fourth-order valence-electron chi connectivity index (χ4n) is 5.07. The molecule has 7 nitrogen and oxygen atoms in total. The first-order chi connectivity index (χ1) is 18.0. The van der Waals surface area contributed by atoms with Crippen molar-refractivity contribution in [2.45, 2.75) is 19.5 Å². The van der Waals surface area contributed by atoms with Crippen LogP contribution in [0.3, 0.4) is 0 Å². The van der Waals surface area contributed by atoms with E-state index in [0.717, 1.165) is 43.2 Å². The van der Waals surface area contributed by atoms with Crippen LogP contribution in [-0.4, -0.2) is 52.8 Å². The van der Waals surface area contributed by atoms with Gasteiger partial charge in [0.05, 0.1) is 31.0 Å². The van der Waals surface area contributed by atoms with Gasteiger partial charge in [0.2, 0.25) is 0 Å². The molecule has 0 radical (unpaired) electrons. The van der Waals surface area contributed by atoms with E-state index in [9.17, 15) is 9.90 Å². The largest absolute Gasteiger partial charge is 0.507 e. The second kappa shape index (κ2) is 10.9. The number of aryl methyl sites for hydroxylation is 1. The summed E-state index contributed by atoms with van der Waals surface area (Å²) in [7, 11) is 1.63. The monoisotopic (exact) mass is 496 g/mol. The maximum absolute atomic E-state index is 14.0. The Kier molecular flexibility index (Phi) is 7.23. The van der Waals surface area contributed by atoms with Gasteiger partial charge in [-0.15, -0.1) is 0 Å². The fraction of sp³-hybridized carbons (Fsp3) is 0.267. The summed E-state index contributed by atoms with van der Waals surface area (Å²) in [4.78, 5) is 23.2. The van der Waals surface area contributed by atoms with Crippen LogP contribution in [0.5, 0.6) is 11.5 Å². The number of anilines is 1. The van der Waals surface area contributed by atoms with Crippen LogP contribution in [0.4, 0.5) is 5.69 Å². The highest BCUT2D eigenvalue weighted by molar-refractivity contribution is 5.47. The zero-order valence-corrected chi connectivity index (χ0v) is 21.2. The Balaban J connectivity index is 1.50. The lowest BCUT2D eigenvalue weighted by Crippen LogP contribution is -2.49. The van der Waals surface area contributed by atoms with Gasteiger partial charge in [0.25, 0.3) is 5.56 Å². The second-order valence-electron chi connectivity index (χ2n) is 9.34. The van der Waals surface area contributed by atoms with Crippen LogP contribution in [0, 0.1) is 6.92 Å². The van der Waals surface area contributed by atoms with Gasteiger partial charge in [-0.05, 0) is 55.0 Å². The zero-order chi connectivity index (χ0) is 25.8. The number of para-hydroxylation sites is 1. The number of aromatic hydroxyl groups is 1. The lowest BCUT2D eigenvalue weighted by molar-refractivity contribution is 0.204. The maximum Gasteiger partial charge on any atom is 0.260 e. The van der Waals surface area contributed by atoms with E-state index in [1.54, 1.807) is 23.9 Å². The Bertz CT molecular complexity index is 1380. The van der Waals surface area contributed by atoms with Crippen molar-refractivity contribution < 1.29 is 9.84 Å². The second-order valence-corrected chi connectivity index (χ2v) is 9.34. The summed E-state index contributed by atoms with van der Waals surface area (Å²) in [6.07, 6.45) is 1.74. The third kappa shape index (κ3) is 5.22. The summed E-state index contributed by atoms with van der Waals surface area (Å²) in [6, 6.07) is 25.0. The number of aromatic nitrogens is 2. The van der Waals surface area contributed by atoms with E-state index in [1.165, 1.54) is 5.69 Å². The van der Waals surface area contributed by atoms with E-state index < -0.39 is 6.04 Å². The summed E-state index contributed by atoms with van der Waals surface area (Å²) < 4.78 is 7.00. The minimum Gasteiger partial charge on any atom is -0.507 e. The molecule has 0 aliphatic carbocycles. The van der Waals surface area contributed by atoms with Gasteiger partial charge < -0.3 is 19.3 Å². The van der Waals surface area contributed by atoms with Gasteiger partial charge in [-0.1, -0.05) is 36.4 Å². The van der Waals surface area contributed by atoms with Crippen LogP contribution >= 0.6 is 0 Å². The molecule has 1 N–H and O–H groups in total. The number of hydrogen-bond donors (Lipinski definition) is 1. The maximum atomic E-state index is 14.0. The molecular weight excluding hydrogens is 464 g/mol. The minimum absolute atomic E-state index is 0.00891. The smallest absolute Gasteiger partial charge is 0.260 e. The molecular formula is C30H32N4O3. The van der Waals surface area contributed by atoms with Gasteiger partial charge in [0.1, 0.15) is 11.5 Å². The lowest BCUT2D eigenvalue weighted by atomic mass is 9.99. The van der Waals surface area contributed by atoms with Crippen molar-refractivity contribution in [3.8, 4) is 11.5 Å². The number of piperazine rings is 1. The van der Waals surface area contributed by atoms with E-state index in [1.807, 2.05) is 67.6 Å². The average Bonchev–Trinajstić information content (AvgIpc) is 2.95. The van der Waals surface area contributed by atoms with Crippen LogP contribution in [0.1, 0.15) is 28.6 Å². The van der Waals surface area contributed by atoms with Gasteiger partial charge in [-0.2, -0.15) is 0 Å². The van der Waals surface area contributed by atoms with Crippen LogP contribution < -0.4 is 15.2 Å². The van der Waals surface area contributed by atoms with Gasteiger partial charge in [-0.25, -0.2) is 0 Å². The third-order valence-corrected chi connectivity index (χ3v) is 7.06. The van der Waals surface area contributed by atoms with E-state index in [2.05, 4.69) is 26.9 Å². The van der Waals surface area contributed by atoms with Crippen molar-refractivity contribution in [2.75, 3.05) is 38.2 Å². The Morgan fingerprint density at radius 2 is 1.65 bits per heavy atom. The molecule has 4 aromatic rings. The zero-order valence-electron chi connectivity index (χ0n) is 21.2. The van der Waals surface area contributed by atoms with E-state index in [-0.39, 0.29) is 11.3 Å². The SMILES string of the molecule is COc1ccc(Cn2c(C)cc(O)c(C(c3ccccn3)N3CCN(c4ccccc4)CC3)c2=O)cc1. The Labute approximate surface area is 217 Å². The van der Waals surface area contributed by atoms with Gasteiger partial charge in [-0.3, -0.25) is 14.7 Å². The molecule has 0 saturated carbocycles. The topological polar surface area (TPSA) is 70.8 Å². The molecule has 190 valence electrons. The highest BCUT2D eigenvalue weighted by Crippen LogP contribution is 2.33. The van der Waals surface area contributed by atoms with Crippen molar-refractivity contribution in [3.63, 3.8) is 0 Å². The molecule has 7 heteroatoms. The lowest BCUT2D eigenvalue weighted by Gasteiger charge is -2.40. The Morgan fingerprint density at radius 3 is 2.30 bits per heavy atom. The molecule has 0 spiro atoms. The standard InChI is InChI=1S/C30H32N4O3/c1-22-20-27(35)28(30(36)34(22)21-23-11-13-25(37-2)14-12-23)29(26-10-6-7-15-31-26)33-18-16-32(17-19-33)24-8-4-3-5-9-24/h3-15,20,29,35H,16-19,21H2,1-2H3. The normalized spacial score (nSPS) is 14.9. The molecule has 3 heterocycles. The van der Waals surface area contributed by atoms with Gasteiger partial charge >= 0.3 is 0 Å². The summed E-state index contributed by atoms with van der Waals surface area (Å²) in [5.74, 6) is 0.777. The molecule has 1 saturated heterocycles. The number of pyridine rings is 2. The summed E-state index contributed by atoms with van der Waals surface area (Å²) >= 11 is 0. The van der Waals surface area contributed by atoms with Crippen LogP contribution in [0.25, 0.3) is 0 Å². The van der Waals surface area contributed by atoms with Crippen molar-refractivity contribution in [1.82, 2.24) is 14.5 Å². The minimum atomic E-state index is -0.450. The Morgan fingerprint density at radius 1 is 0.946 bits per heavy atom. The van der Waals surface area contributed by atoms with Gasteiger partial charge in [0.15, 0.2) is 0 Å². The summed E-state index contributed by atoms with van der Waals surface area (Å²) in [5, 5.41) is 11.1. The fourth-order valence-corrected chi connectivity index (χ4v) is 5.07. The first-order valence-electron chi connectivity index (χ1n) is 12.6. The van der Waals surface area contributed by atoms with Crippen molar-refractivity contribution in [1.29, 1.82) is 0 Å². The average molecular weight is 497 g/mol. The molecule has 0 bridgehead atoms. The first-order valence-corrected chi connectivity index (χ1v) is 12.6. The van der Waals surface area contributed by atoms with Crippen LogP contribution in [0.2, 0.25) is 0 Å². The first kappa shape index (κ1) is 24.6. The highest BCUT2D eigenvalue weighted by Gasteiger charge is 2.32. The number of methoxy groups -OCH3 is 1. The molecule has 2 aromatic carbocycles. The Hall–Kier alpha value is -4.10. The molecule has 1 aliphatic rings. The van der Waals surface area contributed by atoms with Gasteiger partial charge in [0, 0.05) is 43.8 Å². The molecule has 1 aliphatic heterocycles. The number of nitrogens with zero attached hydrogens (tertiary/aromatic N) is 4. The molecule has 1 unspecified atom stereocenters. The summed E-state index contributed by atoms with van der Waals surface area (Å²) in [6.45, 7) is 5.37. The number of benzene rings is 2. The quantitative estimate of drug-likeness (QED) is 0.413. The predicted molar refractivity (Wildman–Crippen MR) is 146 cm³/mol. The molecule has 2 aromatic heterocycles. The van der Waals surface area contributed by atoms with Crippen molar-refractivity contribution >= 4 is 5.69 Å². The molecule has 1 atom stereocenters. The summed E-state index contributed by atoms with van der Waals surface area (Å²) in [5.41, 5.74) is 3.80. The molecule has 1 fully saturated rings. The van der Waals surface area contributed by atoms with Crippen LogP contribution in [-0.2, 0) is 6.54 Å². The number of ether oxygens (including phenoxy) is 1. The highest BCUT2D eigenvalue weighted by atomic mass is 16.5. The van der Waals surface area contributed by atoms with E-state index in [4.69, 9.17) is 4.74 Å². The van der Waals surface area contributed by atoms with E-state index in [0.29, 0.717) is 17.8 Å². The van der Waals surface area contributed by atoms with Crippen molar-refractivity contribution in [3.05, 3.63) is 118 Å². The predicted octanol–water partition coefficient (Wildman–Crippen LogP) is 4.23.